The summed E-state index contributed by atoms with van der Waals surface area (Å²) < 4.78 is 0. The van der Waals surface area contributed by atoms with Gasteiger partial charge in [0.25, 0.3) is 0 Å². The van der Waals surface area contributed by atoms with Crippen molar-refractivity contribution >= 4 is 38.1 Å². The van der Waals surface area contributed by atoms with Crippen LogP contribution in [0, 0.1) is 0 Å². The molecule has 0 heterocycles. The van der Waals surface area contributed by atoms with Gasteiger partial charge in [0.1, 0.15) is 0 Å². The molecule has 0 atom stereocenters. The molecule has 0 saturated heterocycles. The maximum atomic E-state index is 9.98. The summed E-state index contributed by atoms with van der Waals surface area (Å²) in [6, 6.07) is 0. The van der Waals surface area contributed by atoms with Crippen LogP contribution in [0.2, 0.25) is 0 Å². The second kappa shape index (κ2) is 8.92. The average Bonchev–Trinajstić information content (AvgIpc) is 1.85. The summed E-state index contributed by atoms with van der Waals surface area (Å²) in [5.41, 5.74) is 0. The monoisotopic (exact) mass is 372 g/mol. The van der Waals surface area contributed by atoms with E-state index in [0.717, 1.165) is 0 Å². The maximum absolute atomic E-state index is 9.98. The van der Waals surface area contributed by atoms with Crippen LogP contribution in [0.15, 0.2) is 0 Å². The zero-order valence-electron chi connectivity index (χ0n) is 6.95. The minimum absolute atomic E-state index is 0. The van der Waals surface area contributed by atoms with Crippen molar-refractivity contribution < 1.29 is 19.8 Å². The summed E-state index contributed by atoms with van der Waals surface area (Å²) in [5.74, 6) is -1.64. The van der Waals surface area contributed by atoms with E-state index in [1.165, 1.54) is 0 Å². The number of hydrogen-bond acceptors (Lipinski definition) is 2. The molecule has 0 saturated carbocycles. The molecule has 0 aliphatic heterocycles. The molecule has 5 heteroatoms. The van der Waals surface area contributed by atoms with Gasteiger partial charge in [-0.15, -0.1) is 0 Å². The third kappa shape index (κ3) is 12.5. The van der Waals surface area contributed by atoms with Crippen LogP contribution in [0.25, 0.3) is 0 Å². The zero-order chi connectivity index (χ0) is 8.69. The Hall–Kier alpha value is -0.177. The van der Waals surface area contributed by atoms with E-state index in [4.69, 9.17) is 10.2 Å². The SMILES string of the molecule is O=C(O)CCCCCC(=O)O.[BiH3]. The topological polar surface area (TPSA) is 74.6 Å². The number of carboxylic acids is 2. The van der Waals surface area contributed by atoms with E-state index in [1.807, 2.05) is 0 Å². The number of carbonyl (C=O) groups is 2. The number of rotatable bonds is 6. The van der Waals surface area contributed by atoms with Crippen molar-refractivity contribution in [1.82, 2.24) is 0 Å². The number of carboxylic acid groups (broad SMARTS) is 2. The van der Waals surface area contributed by atoms with Crippen LogP contribution in [0.4, 0.5) is 0 Å². The van der Waals surface area contributed by atoms with E-state index in [-0.39, 0.29) is 39.0 Å². The van der Waals surface area contributed by atoms with Gasteiger partial charge in [0.05, 0.1) is 0 Å². The number of aliphatic carboxylic acids is 2. The second-order valence-electron chi connectivity index (χ2n) is 2.35. The van der Waals surface area contributed by atoms with Crippen LogP contribution in [0.1, 0.15) is 32.1 Å². The molecule has 4 nitrogen and oxygen atoms in total. The fourth-order valence-corrected chi connectivity index (χ4v) is 0.729. The van der Waals surface area contributed by atoms with Crippen molar-refractivity contribution in [2.75, 3.05) is 0 Å². The van der Waals surface area contributed by atoms with E-state index in [0.29, 0.717) is 19.3 Å². The summed E-state index contributed by atoms with van der Waals surface area (Å²) >= 11 is 0. The molecule has 0 aliphatic rings. The molecule has 0 spiro atoms. The molecule has 0 aromatic carbocycles. The molecule has 0 fully saturated rings. The molecule has 0 amide bonds. The van der Waals surface area contributed by atoms with E-state index in [9.17, 15) is 9.59 Å². The molecule has 0 bridgehead atoms. The Labute approximate surface area is 90.1 Å². The predicted molar refractivity (Wildman–Crippen MR) is 48.3 cm³/mol. The second-order valence-corrected chi connectivity index (χ2v) is 2.35. The summed E-state index contributed by atoms with van der Waals surface area (Å²) in [6.07, 6.45) is 2.10. The van der Waals surface area contributed by atoms with E-state index in [2.05, 4.69) is 0 Å². The first kappa shape index (κ1) is 14.4. The standard InChI is InChI=1S/C7H12O4.Bi.3H/c8-6(9)4-2-1-3-5-7(10)11;;;;/h1-5H2,(H,8,9)(H,10,11);;;;. The van der Waals surface area contributed by atoms with Crippen LogP contribution >= 0.6 is 0 Å². The van der Waals surface area contributed by atoms with Gasteiger partial charge in [0.15, 0.2) is 0 Å². The average molecular weight is 372 g/mol. The molecule has 0 aliphatic carbocycles. The van der Waals surface area contributed by atoms with Crippen LogP contribution in [0.5, 0.6) is 0 Å². The minimum atomic E-state index is -0.819. The first-order valence-corrected chi connectivity index (χ1v) is 3.56. The molecule has 12 heavy (non-hydrogen) atoms. The molecular weight excluding hydrogens is 357 g/mol. The van der Waals surface area contributed by atoms with E-state index < -0.39 is 11.9 Å². The molecule has 0 aromatic rings. The van der Waals surface area contributed by atoms with Gasteiger partial charge < -0.3 is 10.2 Å². The van der Waals surface area contributed by atoms with Crippen molar-refractivity contribution in [3.63, 3.8) is 0 Å². The van der Waals surface area contributed by atoms with Gasteiger partial charge in [0, 0.05) is 12.8 Å². The van der Waals surface area contributed by atoms with Gasteiger partial charge in [0.2, 0.25) is 0 Å². The number of unbranched alkanes of at least 4 members (excludes halogenated alkanes) is 2. The molecule has 72 valence electrons. The molecule has 0 rings (SSSR count). The van der Waals surface area contributed by atoms with Crippen molar-refractivity contribution in [3.05, 3.63) is 0 Å². The molecule has 0 radical (unpaired) electrons. The van der Waals surface area contributed by atoms with Crippen molar-refractivity contribution in [2.24, 2.45) is 0 Å². The van der Waals surface area contributed by atoms with Crippen LogP contribution in [-0.2, 0) is 9.59 Å². The van der Waals surface area contributed by atoms with Gasteiger partial charge in [-0.3, -0.25) is 9.59 Å². The van der Waals surface area contributed by atoms with Gasteiger partial charge in [-0.25, -0.2) is 0 Å². The molecule has 0 aromatic heterocycles. The van der Waals surface area contributed by atoms with E-state index in [1.54, 1.807) is 0 Å². The Morgan fingerprint density at radius 2 is 1.17 bits per heavy atom. The Bertz CT molecular complexity index is 130. The molecule has 2 N–H and O–H groups in total. The zero-order valence-corrected chi connectivity index (χ0v) is 12.5. The summed E-state index contributed by atoms with van der Waals surface area (Å²) in [4.78, 5) is 20.0. The summed E-state index contributed by atoms with van der Waals surface area (Å²) in [5, 5.41) is 16.4. The predicted octanol–water partition coefficient (Wildman–Crippen LogP) is -0.0778. The Morgan fingerprint density at radius 1 is 0.833 bits per heavy atom. The number of hydrogen-bond donors (Lipinski definition) is 2. The summed E-state index contributed by atoms with van der Waals surface area (Å²) in [7, 11) is 0. The van der Waals surface area contributed by atoms with Crippen LogP contribution in [-0.4, -0.2) is 48.4 Å². The van der Waals surface area contributed by atoms with Gasteiger partial charge in [-0.1, -0.05) is 6.42 Å². The normalized spacial score (nSPS) is 8.67. The fraction of sp³-hybridized carbons (Fsp3) is 0.714. The summed E-state index contributed by atoms with van der Waals surface area (Å²) in [6.45, 7) is 0. The Kier molecular flexibility index (Phi) is 10.7. The first-order valence-electron chi connectivity index (χ1n) is 3.56. The third-order valence-electron chi connectivity index (χ3n) is 1.28. The molecular formula is C7H15BiO4. The van der Waals surface area contributed by atoms with Crippen LogP contribution < -0.4 is 0 Å². The van der Waals surface area contributed by atoms with Gasteiger partial charge in [-0.05, 0) is 12.8 Å². The van der Waals surface area contributed by atoms with Crippen molar-refractivity contribution in [1.29, 1.82) is 0 Å². The first-order chi connectivity index (χ1) is 5.13. The van der Waals surface area contributed by atoms with Crippen molar-refractivity contribution in [3.8, 4) is 0 Å². The van der Waals surface area contributed by atoms with Crippen LogP contribution in [0.3, 0.4) is 0 Å². The van der Waals surface area contributed by atoms with Crippen molar-refractivity contribution in [2.45, 2.75) is 32.1 Å². The van der Waals surface area contributed by atoms with Gasteiger partial charge >= 0.3 is 38.1 Å². The third-order valence-corrected chi connectivity index (χ3v) is 1.28. The fourth-order valence-electron chi connectivity index (χ4n) is 0.729. The Morgan fingerprint density at radius 3 is 1.42 bits per heavy atom. The quantitative estimate of drug-likeness (QED) is 0.506. The van der Waals surface area contributed by atoms with Gasteiger partial charge in [-0.2, -0.15) is 0 Å². The Balaban J connectivity index is 0. The van der Waals surface area contributed by atoms with E-state index >= 15 is 0 Å². The molecule has 0 unspecified atom stereocenters.